The molecule has 1 aromatic heterocycles. The number of rotatable bonds is 6. The summed E-state index contributed by atoms with van der Waals surface area (Å²) in [6.07, 6.45) is -4.55. The molecule has 2 N–H and O–H groups in total. The van der Waals surface area contributed by atoms with Gasteiger partial charge in [-0.3, -0.25) is 14.3 Å². The number of aryl methyl sites for hydroxylation is 2. The van der Waals surface area contributed by atoms with Gasteiger partial charge in [0, 0.05) is 22.5 Å². The van der Waals surface area contributed by atoms with Gasteiger partial charge in [0.25, 0.3) is 5.91 Å². The number of halogens is 3. The van der Waals surface area contributed by atoms with Crippen LogP contribution in [0, 0.1) is 20.8 Å². The molecule has 0 saturated carbocycles. The number of hydrogen-bond donors (Lipinski definition) is 2. The smallest absolute Gasteiger partial charge is 0.416 e. The first-order valence-corrected chi connectivity index (χ1v) is 9.78. The second-order valence-electron chi connectivity index (χ2n) is 7.56. The average Bonchev–Trinajstić information content (AvgIpc) is 2.95. The van der Waals surface area contributed by atoms with Crippen molar-refractivity contribution in [1.29, 1.82) is 0 Å². The maximum atomic E-state index is 12.8. The van der Waals surface area contributed by atoms with Crippen LogP contribution in [0.5, 0.6) is 0 Å². The van der Waals surface area contributed by atoms with Crippen molar-refractivity contribution in [3.63, 3.8) is 0 Å². The summed E-state index contributed by atoms with van der Waals surface area (Å²) in [6, 6.07) is 9.97. The standard InChI is InChI=1S/C23H22F3N3O3/c1-13-10-17(23(24,25)26)6-9-19(13)22(32)27-18-7-4-16(5-8-18)12-29-15(3)20(11-21(30)31)14(2)28-29/h4-10H,11-12H2,1-3H3,(H,27,32)(H,30,31). The number of amides is 1. The van der Waals surface area contributed by atoms with E-state index >= 15 is 0 Å². The number of carboxylic acid groups (broad SMARTS) is 1. The molecule has 3 rings (SSSR count). The van der Waals surface area contributed by atoms with Gasteiger partial charge in [0.15, 0.2) is 0 Å². The van der Waals surface area contributed by atoms with Gasteiger partial charge in [-0.25, -0.2) is 0 Å². The van der Waals surface area contributed by atoms with Crippen molar-refractivity contribution in [2.24, 2.45) is 0 Å². The second kappa shape index (κ2) is 8.86. The third-order valence-electron chi connectivity index (χ3n) is 5.20. The molecule has 1 amide bonds. The zero-order valence-electron chi connectivity index (χ0n) is 17.7. The lowest BCUT2D eigenvalue weighted by molar-refractivity contribution is -0.138. The van der Waals surface area contributed by atoms with E-state index in [9.17, 15) is 22.8 Å². The van der Waals surface area contributed by atoms with Gasteiger partial charge in [0.1, 0.15) is 0 Å². The molecule has 9 heteroatoms. The van der Waals surface area contributed by atoms with Crippen molar-refractivity contribution in [2.45, 2.75) is 39.9 Å². The summed E-state index contributed by atoms with van der Waals surface area (Å²) in [4.78, 5) is 23.5. The lowest BCUT2D eigenvalue weighted by Gasteiger charge is -2.12. The minimum Gasteiger partial charge on any atom is -0.481 e. The van der Waals surface area contributed by atoms with Gasteiger partial charge >= 0.3 is 12.1 Å². The monoisotopic (exact) mass is 445 g/mol. The molecule has 0 aliphatic rings. The molecule has 0 atom stereocenters. The molecule has 0 fully saturated rings. The van der Waals surface area contributed by atoms with Crippen LogP contribution in [0.15, 0.2) is 42.5 Å². The Morgan fingerprint density at radius 2 is 1.72 bits per heavy atom. The Labute approximate surface area is 182 Å². The molecule has 0 bridgehead atoms. The SMILES string of the molecule is Cc1cc(C(F)(F)F)ccc1C(=O)Nc1ccc(Cn2nc(C)c(CC(=O)O)c2C)cc1. The zero-order valence-corrected chi connectivity index (χ0v) is 17.7. The summed E-state index contributed by atoms with van der Waals surface area (Å²) in [5.41, 5.74) is 3.12. The molecule has 0 aliphatic carbocycles. The summed E-state index contributed by atoms with van der Waals surface area (Å²) >= 11 is 0. The van der Waals surface area contributed by atoms with Crippen LogP contribution < -0.4 is 5.32 Å². The van der Waals surface area contributed by atoms with Crippen LogP contribution in [0.3, 0.4) is 0 Å². The van der Waals surface area contributed by atoms with Crippen molar-refractivity contribution < 1.29 is 27.9 Å². The predicted molar refractivity (Wildman–Crippen MR) is 113 cm³/mol. The normalized spacial score (nSPS) is 11.4. The molecule has 0 saturated heterocycles. The second-order valence-corrected chi connectivity index (χ2v) is 7.56. The number of carbonyl (C=O) groups excluding carboxylic acids is 1. The quantitative estimate of drug-likeness (QED) is 0.573. The fourth-order valence-corrected chi connectivity index (χ4v) is 3.45. The Morgan fingerprint density at radius 1 is 1.06 bits per heavy atom. The van der Waals surface area contributed by atoms with Gasteiger partial charge in [0.2, 0.25) is 0 Å². The lowest BCUT2D eigenvalue weighted by Crippen LogP contribution is -2.15. The summed E-state index contributed by atoms with van der Waals surface area (Å²) in [5, 5.41) is 16.1. The number of aliphatic carboxylic acids is 1. The highest BCUT2D eigenvalue weighted by Crippen LogP contribution is 2.30. The average molecular weight is 445 g/mol. The number of anilines is 1. The minimum atomic E-state index is -4.46. The van der Waals surface area contributed by atoms with Crippen LogP contribution in [0.1, 0.15) is 44.0 Å². The molecule has 3 aromatic rings. The van der Waals surface area contributed by atoms with Gasteiger partial charge in [-0.2, -0.15) is 18.3 Å². The highest BCUT2D eigenvalue weighted by molar-refractivity contribution is 6.05. The number of hydrogen-bond acceptors (Lipinski definition) is 3. The van der Waals surface area contributed by atoms with Gasteiger partial charge < -0.3 is 10.4 Å². The molecule has 1 heterocycles. The van der Waals surface area contributed by atoms with E-state index in [4.69, 9.17) is 5.11 Å². The van der Waals surface area contributed by atoms with E-state index < -0.39 is 23.6 Å². The molecule has 0 radical (unpaired) electrons. The number of carboxylic acids is 1. The first kappa shape index (κ1) is 23.1. The van der Waals surface area contributed by atoms with E-state index in [0.29, 0.717) is 23.5 Å². The van der Waals surface area contributed by atoms with Crippen LogP contribution in [-0.2, 0) is 23.9 Å². The van der Waals surface area contributed by atoms with Crippen LogP contribution >= 0.6 is 0 Å². The third kappa shape index (κ3) is 5.16. The van der Waals surface area contributed by atoms with E-state index in [0.717, 1.165) is 23.4 Å². The maximum absolute atomic E-state index is 12.8. The number of nitrogens with one attached hydrogen (secondary N) is 1. The summed E-state index contributed by atoms with van der Waals surface area (Å²) < 4.78 is 40.2. The molecule has 0 aliphatic heterocycles. The van der Waals surface area contributed by atoms with Gasteiger partial charge in [-0.05, 0) is 62.2 Å². The Kier molecular flexibility index (Phi) is 6.38. The van der Waals surface area contributed by atoms with Gasteiger partial charge in [-0.15, -0.1) is 0 Å². The Morgan fingerprint density at radius 3 is 2.28 bits per heavy atom. The number of alkyl halides is 3. The van der Waals surface area contributed by atoms with Crippen molar-refractivity contribution in [3.05, 3.63) is 81.7 Å². The fraction of sp³-hybridized carbons (Fsp3) is 0.261. The van der Waals surface area contributed by atoms with Crippen molar-refractivity contribution >= 4 is 17.6 Å². The van der Waals surface area contributed by atoms with Crippen molar-refractivity contribution in [2.75, 3.05) is 5.32 Å². The highest BCUT2D eigenvalue weighted by atomic mass is 19.4. The first-order valence-electron chi connectivity index (χ1n) is 9.78. The van der Waals surface area contributed by atoms with E-state index in [1.807, 2.05) is 6.92 Å². The molecule has 32 heavy (non-hydrogen) atoms. The van der Waals surface area contributed by atoms with Gasteiger partial charge in [0.05, 0.1) is 24.2 Å². The number of carbonyl (C=O) groups is 2. The molecule has 2 aromatic carbocycles. The molecule has 168 valence electrons. The van der Waals surface area contributed by atoms with Crippen LogP contribution in [0.4, 0.5) is 18.9 Å². The minimum absolute atomic E-state index is 0.0913. The number of nitrogens with zero attached hydrogens (tertiary/aromatic N) is 2. The maximum Gasteiger partial charge on any atom is 0.416 e. The highest BCUT2D eigenvalue weighted by Gasteiger charge is 2.31. The Bertz CT molecular complexity index is 1170. The zero-order chi connectivity index (χ0) is 23.6. The topological polar surface area (TPSA) is 84.2 Å². The van der Waals surface area contributed by atoms with Crippen molar-refractivity contribution in [3.8, 4) is 0 Å². The molecule has 6 nitrogen and oxygen atoms in total. The first-order chi connectivity index (χ1) is 15.0. The fourth-order valence-electron chi connectivity index (χ4n) is 3.45. The van der Waals surface area contributed by atoms with E-state index in [2.05, 4.69) is 10.4 Å². The van der Waals surface area contributed by atoms with Crippen molar-refractivity contribution in [1.82, 2.24) is 9.78 Å². The molecular weight excluding hydrogens is 423 g/mol. The summed E-state index contributed by atoms with van der Waals surface area (Å²) in [6.45, 7) is 5.47. The molecule has 0 spiro atoms. The predicted octanol–water partition coefficient (Wildman–Crippen LogP) is 4.75. The number of benzene rings is 2. The molecule has 0 unspecified atom stereocenters. The molecular formula is C23H22F3N3O3. The van der Waals surface area contributed by atoms with Crippen LogP contribution in [-0.4, -0.2) is 26.8 Å². The Hall–Kier alpha value is -3.62. The largest absolute Gasteiger partial charge is 0.481 e. The Balaban J connectivity index is 1.70. The van der Waals surface area contributed by atoms with Crippen LogP contribution in [0.2, 0.25) is 0 Å². The van der Waals surface area contributed by atoms with E-state index in [1.54, 1.807) is 35.9 Å². The van der Waals surface area contributed by atoms with E-state index in [-0.39, 0.29) is 17.5 Å². The lowest BCUT2D eigenvalue weighted by atomic mass is 10.0. The number of aromatic nitrogens is 2. The van der Waals surface area contributed by atoms with Crippen LogP contribution in [0.25, 0.3) is 0 Å². The summed E-state index contributed by atoms with van der Waals surface area (Å²) in [7, 11) is 0. The van der Waals surface area contributed by atoms with E-state index in [1.165, 1.54) is 13.0 Å². The summed E-state index contributed by atoms with van der Waals surface area (Å²) in [5.74, 6) is -1.42. The van der Waals surface area contributed by atoms with Gasteiger partial charge in [-0.1, -0.05) is 12.1 Å². The third-order valence-corrected chi connectivity index (χ3v) is 5.20.